The molecule has 0 fully saturated rings. The van der Waals surface area contributed by atoms with Gasteiger partial charge in [-0.2, -0.15) is 5.10 Å². The number of benzene rings is 4. The normalized spacial score (nSPS) is 12.5. The average Bonchev–Trinajstić information content (AvgIpc) is 3.55. The molecule has 0 unspecified atom stereocenters. The summed E-state index contributed by atoms with van der Waals surface area (Å²) in [6.07, 6.45) is 0. The number of H-pyrrole nitrogens is 1. The first kappa shape index (κ1) is 27.0. The Bertz CT molecular complexity index is 2170. The van der Waals surface area contributed by atoms with Crippen LogP contribution in [0, 0.1) is 0 Å². The molecule has 214 valence electrons. The van der Waals surface area contributed by atoms with Crippen LogP contribution in [0.5, 0.6) is 5.75 Å². The lowest BCUT2D eigenvalue weighted by Gasteiger charge is -2.21. The van der Waals surface area contributed by atoms with E-state index in [-0.39, 0.29) is 16.6 Å². The van der Waals surface area contributed by atoms with Gasteiger partial charge in [0.1, 0.15) is 11.4 Å². The van der Waals surface area contributed by atoms with Gasteiger partial charge in [-0.05, 0) is 76.6 Å². The van der Waals surface area contributed by atoms with Gasteiger partial charge in [0, 0.05) is 27.2 Å². The fourth-order valence-corrected chi connectivity index (χ4v) is 5.89. The molecule has 7 aromatic rings. The summed E-state index contributed by atoms with van der Waals surface area (Å²) in [6.45, 7) is 13.6. The number of nitrogens with zero attached hydrogens (tertiary/aromatic N) is 3. The molecule has 0 aliphatic rings. The van der Waals surface area contributed by atoms with Gasteiger partial charge >= 0.3 is 0 Å². The van der Waals surface area contributed by atoms with Crippen molar-refractivity contribution in [1.82, 2.24) is 19.7 Å². The summed E-state index contributed by atoms with van der Waals surface area (Å²) in [4.78, 5) is 8.72. The molecule has 2 N–H and O–H groups in total. The minimum Gasteiger partial charge on any atom is -0.507 e. The quantitative estimate of drug-likeness (QED) is 0.224. The highest BCUT2D eigenvalue weighted by Crippen LogP contribution is 2.39. The number of aromatic amines is 1. The zero-order chi connectivity index (χ0) is 30.1. The van der Waals surface area contributed by atoms with E-state index in [1.165, 1.54) is 21.9 Å². The third-order valence-electron chi connectivity index (χ3n) is 8.41. The lowest BCUT2D eigenvalue weighted by molar-refractivity contribution is 0.477. The molecule has 0 amide bonds. The molecule has 0 bridgehead atoms. The second kappa shape index (κ2) is 9.56. The van der Waals surface area contributed by atoms with Gasteiger partial charge in [0.25, 0.3) is 0 Å². The van der Waals surface area contributed by atoms with Crippen LogP contribution in [-0.2, 0) is 10.8 Å². The molecule has 0 saturated heterocycles. The fourth-order valence-electron chi connectivity index (χ4n) is 5.89. The number of phenols is 1. The first-order valence-corrected chi connectivity index (χ1v) is 14.8. The summed E-state index contributed by atoms with van der Waals surface area (Å²) >= 11 is 0. The fraction of sp³-hybridized carbons (Fsp3) is 0.211. The predicted molar refractivity (Wildman–Crippen MR) is 178 cm³/mol. The van der Waals surface area contributed by atoms with Crippen molar-refractivity contribution in [2.45, 2.75) is 52.4 Å². The average molecular weight is 565 g/mol. The topological polar surface area (TPSA) is 66.7 Å². The number of phenolic OH excluding ortho intramolecular Hbond substituents is 1. The van der Waals surface area contributed by atoms with Gasteiger partial charge in [-0.25, -0.2) is 9.67 Å². The maximum Gasteiger partial charge on any atom is 0.124 e. The van der Waals surface area contributed by atoms with Crippen molar-refractivity contribution in [3.63, 3.8) is 0 Å². The molecular formula is C38H36N4O. The molecule has 3 heterocycles. The van der Waals surface area contributed by atoms with Crippen molar-refractivity contribution in [1.29, 1.82) is 0 Å². The molecule has 5 heteroatoms. The summed E-state index contributed by atoms with van der Waals surface area (Å²) in [5, 5.41) is 19.2. The summed E-state index contributed by atoms with van der Waals surface area (Å²) in [7, 11) is 0. The van der Waals surface area contributed by atoms with Crippen LogP contribution in [0.15, 0.2) is 97.1 Å². The van der Waals surface area contributed by atoms with Crippen LogP contribution >= 0.6 is 0 Å². The Hall–Kier alpha value is -4.90. The Labute approximate surface area is 251 Å². The van der Waals surface area contributed by atoms with Crippen LogP contribution in [0.2, 0.25) is 0 Å². The predicted octanol–water partition coefficient (Wildman–Crippen LogP) is 9.69. The number of nitrogens with one attached hydrogen (secondary N) is 1. The van der Waals surface area contributed by atoms with Gasteiger partial charge in [0.05, 0.1) is 28.1 Å². The van der Waals surface area contributed by atoms with Gasteiger partial charge in [0.2, 0.25) is 0 Å². The van der Waals surface area contributed by atoms with Crippen LogP contribution in [0.3, 0.4) is 0 Å². The smallest absolute Gasteiger partial charge is 0.124 e. The Balaban J connectivity index is 1.50. The van der Waals surface area contributed by atoms with E-state index < -0.39 is 0 Å². The van der Waals surface area contributed by atoms with Crippen molar-refractivity contribution >= 4 is 32.7 Å². The van der Waals surface area contributed by atoms with E-state index in [0.29, 0.717) is 11.3 Å². The lowest BCUT2D eigenvalue weighted by Crippen LogP contribution is -2.12. The highest BCUT2D eigenvalue weighted by atomic mass is 16.3. The van der Waals surface area contributed by atoms with Crippen molar-refractivity contribution < 1.29 is 5.11 Å². The van der Waals surface area contributed by atoms with Crippen LogP contribution in [-0.4, -0.2) is 24.9 Å². The second-order valence-corrected chi connectivity index (χ2v) is 13.5. The molecule has 5 nitrogen and oxygen atoms in total. The van der Waals surface area contributed by atoms with Crippen LogP contribution in [0.25, 0.3) is 61.0 Å². The Morgan fingerprint density at radius 3 is 2.12 bits per heavy atom. The molecule has 0 aliphatic heterocycles. The van der Waals surface area contributed by atoms with Crippen LogP contribution in [0.4, 0.5) is 0 Å². The number of hydrogen-bond acceptors (Lipinski definition) is 3. The highest BCUT2D eigenvalue weighted by molar-refractivity contribution is 6.11. The second-order valence-electron chi connectivity index (χ2n) is 13.5. The van der Waals surface area contributed by atoms with Gasteiger partial charge < -0.3 is 10.1 Å². The van der Waals surface area contributed by atoms with E-state index in [0.717, 1.165) is 39.0 Å². The Morgan fingerprint density at radius 2 is 1.35 bits per heavy atom. The zero-order valence-electron chi connectivity index (χ0n) is 25.5. The minimum absolute atomic E-state index is 0.0490. The third-order valence-corrected chi connectivity index (χ3v) is 8.41. The summed E-state index contributed by atoms with van der Waals surface area (Å²) in [6, 6.07) is 32.9. The van der Waals surface area contributed by atoms with Crippen molar-refractivity contribution in [3.05, 3.63) is 108 Å². The van der Waals surface area contributed by atoms with Crippen molar-refractivity contribution in [2.24, 2.45) is 0 Å². The number of fused-ring (bicyclic) bond motifs is 4. The number of pyridine rings is 1. The Kier molecular flexibility index (Phi) is 6.00. The number of aromatic nitrogens is 4. The Morgan fingerprint density at radius 1 is 0.651 bits per heavy atom. The molecule has 0 spiro atoms. The van der Waals surface area contributed by atoms with Gasteiger partial charge in [-0.1, -0.05) is 84.0 Å². The molecule has 3 aromatic heterocycles. The first-order chi connectivity index (χ1) is 20.5. The molecule has 7 rings (SSSR count). The highest BCUT2D eigenvalue weighted by Gasteiger charge is 2.23. The number of para-hydroxylation sites is 2. The zero-order valence-corrected chi connectivity index (χ0v) is 25.5. The summed E-state index contributed by atoms with van der Waals surface area (Å²) < 4.78 is 2.07. The van der Waals surface area contributed by atoms with Crippen molar-refractivity contribution in [3.8, 4) is 34.1 Å². The maximum atomic E-state index is 10.5. The van der Waals surface area contributed by atoms with Crippen LogP contribution in [0.1, 0.15) is 52.7 Å². The van der Waals surface area contributed by atoms with Gasteiger partial charge in [-0.3, -0.25) is 0 Å². The van der Waals surface area contributed by atoms with Crippen molar-refractivity contribution in [2.75, 3.05) is 0 Å². The molecule has 0 saturated carbocycles. The SMILES string of the molecule is CC(C)(C)c1ccc2[nH]c3c(-n4nc(-c5cccc(-c6ccccc6O)n5)c5ccccc54)cc(C(C)(C)C)cc3c2c1. The number of aromatic hydroxyl groups is 1. The third kappa shape index (κ3) is 4.56. The molecule has 0 radical (unpaired) electrons. The van der Waals surface area contributed by atoms with E-state index in [9.17, 15) is 5.11 Å². The largest absolute Gasteiger partial charge is 0.507 e. The molecule has 0 atom stereocenters. The summed E-state index contributed by atoms with van der Waals surface area (Å²) in [5.41, 5.74) is 9.69. The van der Waals surface area contributed by atoms with E-state index in [1.807, 2.05) is 42.5 Å². The van der Waals surface area contributed by atoms with E-state index in [4.69, 9.17) is 10.1 Å². The molecule has 43 heavy (non-hydrogen) atoms. The summed E-state index contributed by atoms with van der Waals surface area (Å²) in [5.74, 6) is 0.206. The first-order valence-electron chi connectivity index (χ1n) is 14.8. The maximum absolute atomic E-state index is 10.5. The van der Waals surface area contributed by atoms with E-state index >= 15 is 0 Å². The van der Waals surface area contributed by atoms with Gasteiger partial charge in [-0.15, -0.1) is 0 Å². The molecule has 4 aromatic carbocycles. The van der Waals surface area contributed by atoms with Gasteiger partial charge in [0.15, 0.2) is 0 Å². The van der Waals surface area contributed by atoms with Crippen LogP contribution < -0.4 is 0 Å². The number of rotatable bonds is 3. The molecule has 0 aliphatic carbocycles. The van der Waals surface area contributed by atoms with E-state index in [1.54, 1.807) is 6.07 Å². The minimum atomic E-state index is -0.0620. The number of hydrogen-bond donors (Lipinski definition) is 2. The lowest BCUT2D eigenvalue weighted by atomic mass is 9.84. The molecular weight excluding hydrogens is 528 g/mol. The van der Waals surface area contributed by atoms with E-state index in [2.05, 4.69) is 99.7 Å². The monoisotopic (exact) mass is 564 g/mol. The standard InChI is InChI=1S/C38H36N4O/c1-37(2,3)23-18-19-30-27(20-23)28-21-24(38(4,5)6)22-33(36(28)40-30)42-32-16-9-7-13-26(32)35(41-42)31-15-11-14-29(39-31)25-12-8-10-17-34(25)43/h7-22,40,43H,1-6H3.